The molecule has 0 aromatic heterocycles. The first-order valence-corrected chi connectivity index (χ1v) is 5.84. The maximum atomic E-state index is 12.0. The maximum Gasteiger partial charge on any atom is 0.328 e. The van der Waals surface area contributed by atoms with E-state index in [1.54, 1.807) is 0 Å². The number of benzene rings is 1. The van der Waals surface area contributed by atoms with Crippen LogP contribution in [0.5, 0.6) is 0 Å². The van der Waals surface area contributed by atoms with E-state index < -0.39 is 12.0 Å². The maximum absolute atomic E-state index is 12.0. The highest BCUT2D eigenvalue weighted by molar-refractivity contribution is 6.02. The standard InChI is InChI=1S/C13H16N2O3/c1-8-4-3-5-9(2)12(8)15-10(13(17)18)6-14-7-11(15)16/h3-5,10,14H,6-7H2,1-2H3,(H,17,18). The highest BCUT2D eigenvalue weighted by atomic mass is 16.4. The Kier molecular flexibility index (Phi) is 3.34. The highest BCUT2D eigenvalue weighted by Crippen LogP contribution is 2.27. The number of carboxylic acids is 1. The molecule has 5 nitrogen and oxygen atoms in total. The van der Waals surface area contributed by atoms with Crippen molar-refractivity contribution in [3.8, 4) is 0 Å². The number of piperazine rings is 1. The Balaban J connectivity index is 2.50. The van der Waals surface area contributed by atoms with Crippen molar-refractivity contribution in [3.05, 3.63) is 29.3 Å². The second-order valence-corrected chi connectivity index (χ2v) is 4.49. The third-order valence-corrected chi connectivity index (χ3v) is 3.16. The van der Waals surface area contributed by atoms with Gasteiger partial charge in [0.05, 0.1) is 12.2 Å². The molecule has 0 bridgehead atoms. The summed E-state index contributed by atoms with van der Waals surface area (Å²) in [5.74, 6) is -1.19. The van der Waals surface area contributed by atoms with Crippen molar-refractivity contribution in [2.24, 2.45) is 0 Å². The van der Waals surface area contributed by atoms with Crippen LogP contribution in [0.1, 0.15) is 11.1 Å². The van der Waals surface area contributed by atoms with Gasteiger partial charge in [0.25, 0.3) is 0 Å². The van der Waals surface area contributed by atoms with E-state index in [4.69, 9.17) is 0 Å². The second-order valence-electron chi connectivity index (χ2n) is 4.49. The predicted molar refractivity (Wildman–Crippen MR) is 67.7 cm³/mol. The minimum absolute atomic E-state index is 0.178. The van der Waals surface area contributed by atoms with Crippen molar-refractivity contribution in [1.82, 2.24) is 5.32 Å². The van der Waals surface area contributed by atoms with Crippen LogP contribution in [0.4, 0.5) is 5.69 Å². The molecule has 2 rings (SSSR count). The number of amides is 1. The lowest BCUT2D eigenvalue weighted by Crippen LogP contribution is -2.58. The topological polar surface area (TPSA) is 69.6 Å². The molecule has 1 aromatic carbocycles. The van der Waals surface area contributed by atoms with Gasteiger partial charge in [-0.15, -0.1) is 0 Å². The van der Waals surface area contributed by atoms with Crippen molar-refractivity contribution in [3.63, 3.8) is 0 Å². The summed E-state index contributed by atoms with van der Waals surface area (Å²) in [4.78, 5) is 24.7. The van der Waals surface area contributed by atoms with Gasteiger partial charge < -0.3 is 10.4 Å². The molecule has 1 heterocycles. The Bertz CT molecular complexity index is 479. The third-order valence-electron chi connectivity index (χ3n) is 3.16. The molecule has 0 spiro atoms. The first kappa shape index (κ1) is 12.6. The lowest BCUT2D eigenvalue weighted by atomic mass is 10.0. The number of carbonyl (C=O) groups excluding carboxylic acids is 1. The molecule has 2 N–H and O–H groups in total. The zero-order valence-corrected chi connectivity index (χ0v) is 10.4. The van der Waals surface area contributed by atoms with E-state index in [2.05, 4.69) is 5.32 Å². The van der Waals surface area contributed by atoms with Crippen molar-refractivity contribution in [2.45, 2.75) is 19.9 Å². The number of aryl methyl sites for hydroxylation is 2. The van der Waals surface area contributed by atoms with Crippen LogP contribution in [-0.2, 0) is 9.59 Å². The Morgan fingerprint density at radius 3 is 2.56 bits per heavy atom. The minimum Gasteiger partial charge on any atom is -0.480 e. The van der Waals surface area contributed by atoms with Crippen LogP contribution in [0.3, 0.4) is 0 Å². The van der Waals surface area contributed by atoms with Crippen LogP contribution in [-0.4, -0.2) is 36.1 Å². The van der Waals surface area contributed by atoms with Gasteiger partial charge in [0, 0.05) is 6.54 Å². The molecule has 1 saturated heterocycles. The summed E-state index contributed by atoms with van der Waals surface area (Å²) in [6.45, 7) is 4.22. The summed E-state index contributed by atoms with van der Waals surface area (Å²) in [5, 5.41) is 12.1. The van der Waals surface area contributed by atoms with Crippen LogP contribution in [0.2, 0.25) is 0 Å². The lowest BCUT2D eigenvalue weighted by molar-refractivity contribution is -0.140. The molecule has 0 aliphatic carbocycles. The minimum atomic E-state index is -0.988. The lowest BCUT2D eigenvalue weighted by Gasteiger charge is -2.35. The molecule has 1 aliphatic heterocycles. The zero-order chi connectivity index (χ0) is 13.3. The van der Waals surface area contributed by atoms with Gasteiger partial charge in [0.15, 0.2) is 0 Å². The van der Waals surface area contributed by atoms with Crippen LogP contribution < -0.4 is 10.2 Å². The summed E-state index contributed by atoms with van der Waals surface area (Å²) in [7, 11) is 0. The van der Waals surface area contributed by atoms with Crippen LogP contribution in [0, 0.1) is 13.8 Å². The Hall–Kier alpha value is -1.88. The van der Waals surface area contributed by atoms with Crippen LogP contribution in [0.15, 0.2) is 18.2 Å². The molecule has 96 valence electrons. The predicted octanol–water partition coefficient (Wildman–Crippen LogP) is 0.693. The fourth-order valence-corrected chi connectivity index (χ4v) is 2.33. The van der Waals surface area contributed by atoms with Gasteiger partial charge in [-0.3, -0.25) is 9.69 Å². The molecule has 1 unspecified atom stereocenters. The number of hydrogen-bond acceptors (Lipinski definition) is 3. The number of carboxylic acid groups (broad SMARTS) is 1. The average Bonchev–Trinajstić information content (AvgIpc) is 2.30. The third kappa shape index (κ3) is 2.09. The molecule has 1 fully saturated rings. The second kappa shape index (κ2) is 4.78. The van der Waals surface area contributed by atoms with Gasteiger partial charge in [0.1, 0.15) is 6.04 Å². The molecular weight excluding hydrogens is 232 g/mol. The fourth-order valence-electron chi connectivity index (χ4n) is 2.33. The summed E-state index contributed by atoms with van der Waals surface area (Å²) >= 11 is 0. The summed E-state index contributed by atoms with van der Waals surface area (Å²) in [5.41, 5.74) is 2.55. The molecule has 1 atom stereocenters. The van der Waals surface area contributed by atoms with E-state index in [1.165, 1.54) is 4.90 Å². The number of rotatable bonds is 2. The number of hydrogen-bond donors (Lipinski definition) is 2. The number of aliphatic carboxylic acids is 1. The van der Waals surface area contributed by atoms with Gasteiger partial charge in [-0.2, -0.15) is 0 Å². The number of nitrogens with zero attached hydrogens (tertiary/aromatic N) is 1. The number of nitrogens with one attached hydrogen (secondary N) is 1. The van der Waals surface area contributed by atoms with E-state index in [0.717, 1.165) is 16.8 Å². The largest absolute Gasteiger partial charge is 0.480 e. The SMILES string of the molecule is Cc1cccc(C)c1N1C(=O)CNCC1C(=O)O. The van der Waals surface area contributed by atoms with Crippen molar-refractivity contribution < 1.29 is 14.7 Å². The number of carbonyl (C=O) groups is 2. The zero-order valence-electron chi connectivity index (χ0n) is 10.4. The van der Waals surface area contributed by atoms with Gasteiger partial charge in [-0.1, -0.05) is 18.2 Å². The van der Waals surface area contributed by atoms with E-state index in [1.807, 2.05) is 32.0 Å². The van der Waals surface area contributed by atoms with Crippen molar-refractivity contribution in [2.75, 3.05) is 18.0 Å². The first-order valence-electron chi connectivity index (χ1n) is 5.84. The molecule has 5 heteroatoms. The van der Waals surface area contributed by atoms with Gasteiger partial charge in [-0.25, -0.2) is 4.79 Å². The van der Waals surface area contributed by atoms with Crippen molar-refractivity contribution in [1.29, 1.82) is 0 Å². The Labute approximate surface area is 105 Å². The Morgan fingerprint density at radius 2 is 2.00 bits per heavy atom. The molecule has 1 amide bonds. The van der Waals surface area contributed by atoms with Gasteiger partial charge in [0.2, 0.25) is 5.91 Å². The molecule has 1 aliphatic rings. The molecule has 0 radical (unpaired) electrons. The molecule has 18 heavy (non-hydrogen) atoms. The molecule has 0 saturated carbocycles. The summed E-state index contributed by atoms with van der Waals surface area (Å²) in [6.07, 6.45) is 0. The van der Waals surface area contributed by atoms with Crippen LogP contribution in [0.25, 0.3) is 0 Å². The summed E-state index contributed by atoms with van der Waals surface area (Å²) in [6, 6.07) is 4.83. The number of para-hydroxylation sites is 1. The molecule has 1 aromatic rings. The quantitative estimate of drug-likeness (QED) is 0.808. The first-order chi connectivity index (χ1) is 8.52. The van der Waals surface area contributed by atoms with E-state index in [9.17, 15) is 14.7 Å². The average molecular weight is 248 g/mol. The highest BCUT2D eigenvalue weighted by Gasteiger charge is 2.35. The van der Waals surface area contributed by atoms with Gasteiger partial charge >= 0.3 is 5.97 Å². The smallest absolute Gasteiger partial charge is 0.328 e. The van der Waals surface area contributed by atoms with E-state index in [0.29, 0.717) is 0 Å². The van der Waals surface area contributed by atoms with Gasteiger partial charge in [-0.05, 0) is 25.0 Å². The van der Waals surface area contributed by atoms with Crippen molar-refractivity contribution >= 4 is 17.6 Å². The van der Waals surface area contributed by atoms with E-state index in [-0.39, 0.29) is 19.0 Å². The number of anilines is 1. The van der Waals surface area contributed by atoms with Crippen LogP contribution >= 0.6 is 0 Å². The van der Waals surface area contributed by atoms with E-state index >= 15 is 0 Å². The molecular formula is C13H16N2O3. The normalized spacial score (nSPS) is 20.0. The monoisotopic (exact) mass is 248 g/mol. The Morgan fingerprint density at radius 1 is 1.39 bits per heavy atom. The summed E-state index contributed by atoms with van der Waals surface area (Å²) < 4.78 is 0. The fraction of sp³-hybridized carbons (Fsp3) is 0.385.